The fourth-order valence-electron chi connectivity index (χ4n) is 1.22. The SMILES string of the molecule is CCOCCOC(OC(=O)C(C)(C)CC)C(C)(C)C. The highest BCUT2D eigenvalue weighted by Gasteiger charge is 2.34. The van der Waals surface area contributed by atoms with Crippen molar-refractivity contribution in [2.75, 3.05) is 19.8 Å². The van der Waals surface area contributed by atoms with E-state index >= 15 is 0 Å². The average Bonchev–Trinajstić information content (AvgIpc) is 2.31. The van der Waals surface area contributed by atoms with E-state index < -0.39 is 11.7 Å². The van der Waals surface area contributed by atoms with E-state index in [0.29, 0.717) is 19.8 Å². The molecule has 114 valence electrons. The second kappa shape index (κ2) is 7.85. The molecule has 4 nitrogen and oxygen atoms in total. The van der Waals surface area contributed by atoms with Gasteiger partial charge in [0.1, 0.15) is 0 Å². The van der Waals surface area contributed by atoms with Gasteiger partial charge in [-0.3, -0.25) is 4.79 Å². The summed E-state index contributed by atoms with van der Waals surface area (Å²) in [5.74, 6) is -0.216. The molecular weight excluding hydrogens is 244 g/mol. The topological polar surface area (TPSA) is 44.8 Å². The number of carbonyl (C=O) groups is 1. The van der Waals surface area contributed by atoms with Gasteiger partial charge in [0.25, 0.3) is 0 Å². The molecule has 0 aliphatic carbocycles. The Hall–Kier alpha value is -0.610. The van der Waals surface area contributed by atoms with E-state index in [-0.39, 0.29) is 11.4 Å². The fourth-order valence-corrected chi connectivity index (χ4v) is 1.22. The number of rotatable bonds is 8. The van der Waals surface area contributed by atoms with Crippen LogP contribution in [-0.4, -0.2) is 32.1 Å². The Balaban J connectivity index is 4.49. The van der Waals surface area contributed by atoms with Gasteiger partial charge in [0.15, 0.2) is 0 Å². The van der Waals surface area contributed by atoms with E-state index in [1.54, 1.807) is 0 Å². The first-order chi connectivity index (χ1) is 8.65. The van der Waals surface area contributed by atoms with Gasteiger partial charge < -0.3 is 14.2 Å². The van der Waals surface area contributed by atoms with Crippen LogP contribution in [0.2, 0.25) is 0 Å². The van der Waals surface area contributed by atoms with Crippen LogP contribution in [0.5, 0.6) is 0 Å². The predicted octanol–water partition coefficient (Wildman–Crippen LogP) is 3.39. The number of esters is 1. The smallest absolute Gasteiger partial charge is 0.313 e. The second-order valence-electron chi connectivity index (χ2n) is 6.41. The monoisotopic (exact) mass is 274 g/mol. The number of carbonyl (C=O) groups excluding carboxylic acids is 1. The van der Waals surface area contributed by atoms with Crippen molar-refractivity contribution in [3.63, 3.8) is 0 Å². The third-order valence-corrected chi connectivity index (χ3v) is 3.06. The molecule has 0 spiro atoms. The molecule has 1 unspecified atom stereocenters. The summed E-state index contributed by atoms with van der Waals surface area (Å²) in [6, 6.07) is 0. The molecular formula is C15H30O4. The molecule has 0 aliphatic heterocycles. The molecule has 4 heteroatoms. The Kier molecular flexibility index (Phi) is 7.60. The van der Waals surface area contributed by atoms with Crippen molar-refractivity contribution >= 4 is 5.97 Å². The Bertz CT molecular complexity index is 266. The summed E-state index contributed by atoms with van der Waals surface area (Å²) >= 11 is 0. The average molecular weight is 274 g/mol. The van der Waals surface area contributed by atoms with Gasteiger partial charge in [-0.05, 0) is 27.2 Å². The molecule has 0 saturated heterocycles. The van der Waals surface area contributed by atoms with Gasteiger partial charge in [-0.25, -0.2) is 0 Å². The molecule has 0 bridgehead atoms. The van der Waals surface area contributed by atoms with Crippen molar-refractivity contribution in [1.82, 2.24) is 0 Å². The molecule has 0 N–H and O–H groups in total. The Morgan fingerprint density at radius 3 is 2.05 bits per heavy atom. The minimum Gasteiger partial charge on any atom is -0.435 e. The first kappa shape index (κ1) is 18.4. The predicted molar refractivity (Wildman–Crippen MR) is 75.9 cm³/mol. The van der Waals surface area contributed by atoms with E-state index in [1.165, 1.54) is 0 Å². The Morgan fingerprint density at radius 2 is 1.63 bits per heavy atom. The van der Waals surface area contributed by atoms with Crippen LogP contribution in [0.1, 0.15) is 54.9 Å². The van der Waals surface area contributed by atoms with Crippen LogP contribution in [0.25, 0.3) is 0 Å². The molecule has 1 atom stereocenters. The van der Waals surface area contributed by atoms with E-state index in [4.69, 9.17) is 14.2 Å². The zero-order chi connectivity index (χ0) is 15.1. The maximum Gasteiger partial charge on any atom is 0.313 e. The fraction of sp³-hybridized carbons (Fsp3) is 0.933. The molecule has 0 saturated carbocycles. The minimum atomic E-state index is -0.550. The molecule has 0 amide bonds. The number of ether oxygens (including phenoxy) is 3. The van der Waals surface area contributed by atoms with E-state index in [9.17, 15) is 4.79 Å². The lowest BCUT2D eigenvalue weighted by atomic mass is 9.90. The zero-order valence-corrected chi connectivity index (χ0v) is 13.5. The maximum atomic E-state index is 12.1. The molecule has 0 heterocycles. The third kappa shape index (κ3) is 6.92. The standard InChI is InChI=1S/C15H30O4/c1-8-15(6,7)12(16)19-13(14(3,4)5)18-11-10-17-9-2/h13H,8-11H2,1-7H3. The summed E-state index contributed by atoms with van der Waals surface area (Å²) < 4.78 is 16.4. The lowest BCUT2D eigenvalue weighted by Crippen LogP contribution is -2.39. The minimum absolute atomic E-state index is 0.216. The van der Waals surface area contributed by atoms with Crippen LogP contribution in [-0.2, 0) is 19.0 Å². The Labute approximate surface area is 117 Å². The summed E-state index contributed by atoms with van der Waals surface area (Å²) in [5.41, 5.74) is -0.738. The van der Waals surface area contributed by atoms with E-state index in [1.807, 2.05) is 48.5 Å². The van der Waals surface area contributed by atoms with Crippen LogP contribution in [0.3, 0.4) is 0 Å². The molecule has 0 rings (SSSR count). The van der Waals surface area contributed by atoms with Crippen LogP contribution in [0, 0.1) is 10.8 Å². The summed E-state index contributed by atoms with van der Waals surface area (Å²) in [5, 5.41) is 0. The molecule has 0 radical (unpaired) electrons. The van der Waals surface area contributed by atoms with E-state index in [0.717, 1.165) is 6.42 Å². The van der Waals surface area contributed by atoms with Gasteiger partial charge in [0.2, 0.25) is 6.29 Å². The molecule has 0 aromatic rings. The van der Waals surface area contributed by atoms with Gasteiger partial charge in [0.05, 0.1) is 18.6 Å². The number of hydrogen-bond donors (Lipinski definition) is 0. The van der Waals surface area contributed by atoms with Gasteiger partial charge in [-0.2, -0.15) is 0 Å². The highest BCUT2D eigenvalue weighted by Crippen LogP contribution is 2.28. The van der Waals surface area contributed by atoms with Crippen LogP contribution >= 0.6 is 0 Å². The van der Waals surface area contributed by atoms with Crippen molar-refractivity contribution < 1.29 is 19.0 Å². The quantitative estimate of drug-likeness (QED) is 0.386. The van der Waals surface area contributed by atoms with Gasteiger partial charge >= 0.3 is 5.97 Å². The highest BCUT2D eigenvalue weighted by atomic mass is 16.7. The van der Waals surface area contributed by atoms with Crippen molar-refractivity contribution in [1.29, 1.82) is 0 Å². The lowest BCUT2D eigenvalue weighted by Gasteiger charge is -2.32. The second-order valence-corrected chi connectivity index (χ2v) is 6.41. The van der Waals surface area contributed by atoms with Crippen molar-refractivity contribution in [3.8, 4) is 0 Å². The summed E-state index contributed by atoms with van der Waals surface area (Å²) in [6.45, 7) is 15.2. The van der Waals surface area contributed by atoms with Crippen LogP contribution in [0.4, 0.5) is 0 Å². The van der Waals surface area contributed by atoms with Gasteiger partial charge in [0, 0.05) is 12.0 Å². The van der Waals surface area contributed by atoms with Crippen molar-refractivity contribution in [2.45, 2.75) is 61.2 Å². The summed E-state index contributed by atoms with van der Waals surface area (Å²) in [6.07, 6.45) is 0.188. The number of hydrogen-bond acceptors (Lipinski definition) is 4. The molecule has 0 aromatic carbocycles. The summed E-state index contributed by atoms with van der Waals surface area (Å²) in [7, 11) is 0. The highest BCUT2D eigenvalue weighted by molar-refractivity contribution is 5.75. The molecule has 0 fully saturated rings. The summed E-state index contributed by atoms with van der Waals surface area (Å²) in [4.78, 5) is 12.1. The normalized spacial score (nSPS) is 14.3. The van der Waals surface area contributed by atoms with Crippen molar-refractivity contribution in [3.05, 3.63) is 0 Å². The third-order valence-electron chi connectivity index (χ3n) is 3.06. The van der Waals surface area contributed by atoms with Crippen LogP contribution in [0.15, 0.2) is 0 Å². The van der Waals surface area contributed by atoms with E-state index in [2.05, 4.69) is 0 Å². The van der Waals surface area contributed by atoms with Gasteiger partial charge in [-0.1, -0.05) is 27.7 Å². The molecule has 0 aromatic heterocycles. The Morgan fingerprint density at radius 1 is 1.05 bits per heavy atom. The first-order valence-electron chi connectivity index (χ1n) is 7.05. The molecule has 0 aliphatic rings. The largest absolute Gasteiger partial charge is 0.435 e. The zero-order valence-electron chi connectivity index (χ0n) is 13.5. The molecule has 19 heavy (non-hydrogen) atoms. The maximum absolute atomic E-state index is 12.1. The van der Waals surface area contributed by atoms with Crippen LogP contribution < -0.4 is 0 Å². The van der Waals surface area contributed by atoms with Crippen molar-refractivity contribution in [2.24, 2.45) is 10.8 Å². The first-order valence-corrected chi connectivity index (χ1v) is 7.05. The lowest BCUT2D eigenvalue weighted by molar-refractivity contribution is -0.214. The van der Waals surface area contributed by atoms with Gasteiger partial charge in [-0.15, -0.1) is 0 Å².